The highest BCUT2D eigenvalue weighted by Gasteiger charge is 2.39. The molecule has 0 saturated carbocycles. The van der Waals surface area contributed by atoms with Gasteiger partial charge in [-0.25, -0.2) is 4.98 Å². The Balaban J connectivity index is 1.58. The number of aromatic nitrogens is 1. The molecule has 8 nitrogen and oxygen atoms in total. The van der Waals surface area contributed by atoms with Crippen molar-refractivity contribution in [3.05, 3.63) is 77.7 Å². The number of hydrogen-bond donors (Lipinski definition) is 4. The maximum Gasteiger partial charge on any atom is 0.226 e. The van der Waals surface area contributed by atoms with Crippen molar-refractivity contribution in [1.29, 1.82) is 10.8 Å². The highest BCUT2D eigenvalue weighted by atomic mass is 16.5. The van der Waals surface area contributed by atoms with Gasteiger partial charge in [-0.1, -0.05) is 30.3 Å². The van der Waals surface area contributed by atoms with E-state index < -0.39 is 0 Å². The molecule has 2 aromatic carbocycles. The number of nitrogens with one attached hydrogen (secondary N) is 3. The van der Waals surface area contributed by atoms with E-state index in [2.05, 4.69) is 38.0 Å². The van der Waals surface area contributed by atoms with E-state index in [1.807, 2.05) is 42.3 Å². The lowest BCUT2D eigenvalue weighted by Crippen LogP contribution is -2.62. The molecule has 8 heteroatoms. The van der Waals surface area contributed by atoms with E-state index in [9.17, 15) is 5.11 Å². The number of phenolic OH excluding ortho intramolecular Hbond substituents is 1. The van der Waals surface area contributed by atoms with Crippen LogP contribution in [-0.4, -0.2) is 50.7 Å². The van der Waals surface area contributed by atoms with Crippen LogP contribution in [0.15, 0.2) is 65.2 Å². The minimum Gasteiger partial charge on any atom is -0.507 e. The number of nitrogens with zero attached hydrogens (tertiary/aromatic N) is 2. The van der Waals surface area contributed by atoms with E-state index in [-0.39, 0.29) is 40.8 Å². The third kappa shape index (κ3) is 6.95. The van der Waals surface area contributed by atoms with E-state index in [1.165, 1.54) is 12.1 Å². The van der Waals surface area contributed by atoms with E-state index >= 15 is 0 Å². The number of rotatable bonds is 8. The first-order valence-electron chi connectivity index (χ1n) is 13.2. The fourth-order valence-corrected chi connectivity index (χ4v) is 5.43. The molecule has 0 bridgehead atoms. The van der Waals surface area contributed by atoms with Crippen molar-refractivity contribution < 1.29 is 14.3 Å². The van der Waals surface area contributed by atoms with Crippen molar-refractivity contribution in [2.24, 2.45) is 0 Å². The molecule has 2 heterocycles. The monoisotopic (exact) mass is 529 g/mol. The molecule has 0 aliphatic carbocycles. The predicted octanol–water partition coefficient (Wildman–Crippen LogP) is 6.08. The number of amidine groups is 1. The van der Waals surface area contributed by atoms with Gasteiger partial charge in [-0.2, -0.15) is 0 Å². The molecule has 3 aromatic rings. The summed E-state index contributed by atoms with van der Waals surface area (Å²) in [5, 5.41) is 32.2. The van der Waals surface area contributed by atoms with Gasteiger partial charge in [0.1, 0.15) is 29.7 Å². The number of aromatic hydroxyl groups is 1. The van der Waals surface area contributed by atoms with Gasteiger partial charge in [0.05, 0.1) is 17.5 Å². The van der Waals surface area contributed by atoms with Gasteiger partial charge in [0, 0.05) is 29.7 Å². The molecule has 4 N–H and O–H groups in total. The second-order valence-electron chi connectivity index (χ2n) is 11.6. The Morgan fingerprint density at radius 3 is 2.41 bits per heavy atom. The number of piperidine rings is 1. The topological polar surface area (TPSA) is 118 Å². The summed E-state index contributed by atoms with van der Waals surface area (Å²) in [7, 11) is 1.93. The van der Waals surface area contributed by atoms with Crippen LogP contribution in [0, 0.1) is 17.7 Å². The van der Waals surface area contributed by atoms with Gasteiger partial charge >= 0.3 is 0 Å². The van der Waals surface area contributed by atoms with Gasteiger partial charge in [-0.05, 0) is 77.3 Å². The van der Waals surface area contributed by atoms with E-state index in [4.69, 9.17) is 20.0 Å². The van der Waals surface area contributed by atoms with Crippen molar-refractivity contribution in [1.82, 2.24) is 15.2 Å². The van der Waals surface area contributed by atoms with Gasteiger partial charge in [0.25, 0.3) is 0 Å². The Hall–Kier alpha value is -3.91. The van der Waals surface area contributed by atoms with Crippen molar-refractivity contribution in [2.45, 2.75) is 71.2 Å². The molecule has 0 unspecified atom stereocenters. The van der Waals surface area contributed by atoms with Gasteiger partial charge in [-0.15, -0.1) is 0 Å². The number of allylic oxidation sites excluding steroid dienone is 1. The van der Waals surface area contributed by atoms with Gasteiger partial charge < -0.3 is 24.5 Å². The number of phenols is 1. The molecule has 39 heavy (non-hydrogen) atoms. The third-order valence-electron chi connectivity index (χ3n) is 6.96. The third-order valence-corrected chi connectivity index (χ3v) is 6.96. The van der Waals surface area contributed by atoms with Crippen LogP contribution < -0.4 is 10.1 Å². The maximum atomic E-state index is 11.0. The van der Waals surface area contributed by atoms with Crippen LogP contribution >= 0.6 is 0 Å². The van der Waals surface area contributed by atoms with Crippen LogP contribution in [0.1, 0.15) is 57.4 Å². The zero-order chi connectivity index (χ0) is 28.4. The maximum absolute atomic E-state index is 11.0. The first-order valence-corrected chi connectivity index (χ1v) is 13.2. The predicted molar refractivity (Wildman–Crippen MR) is 155 cm³/mol. The van der Waals surface area contributed by atoms with Crippen LogP contribution in [0.4, 0.5) is 0 Å². The van der Waals surface area contributed by atoms with E-state index in [0.717, 1.165) is 18.4 Å². The molecule has 0 amide bonds. The molecule has 0 atom stereocenters. The minimum absolute atomic E-state index is 0.0369. The zero-order valence-electron chi connectivity index (χ0n) is 23.6. The van der Waals surface area contributed by atoms with Crippen LogP contribution in [0.2, 0.25) is 0 Å². The minimum atomic E-state index is -0.122. The van der Waals surface area contributed by atoms with E-state index in [0.29, 0.717) is 28.8 Å². The van der Waals surface area contributed by atoms with Crippen molar-refractivity contribution in [3.63, 3.8) is 0 Å². The SMILES string of the molecule is Cc1cnc(-c2cc(O)c(C(=N)/C=C\C(=N)N(C)C3CC(C)(C)NC(C)(C)C3)c(OCc3ccccc3)c2)o1. The summed E-state index contributed by atoms with van der Waals surface area (Å²) in [6, 6.07) is 13.1. The summed E-state index contributed by atoms with van der Waals surface area (Å²) in [5.41, 5.74) is 1.70. The number of aryl methyl sites for hydroxylation is 1. The number of hydrogen-bond acceptors (Lipinski definition) is 7. The van der Waals surface area contributed by atoms with Crippen LogP contribution in [-0.2, 0) is 6.61 Å². The van der Waals surface area contributed by atoms with Gasteiger partial charge in [-0.3, -0.25) is 10.8 Å². The Kier molecular flexibility index (Phi) is 7.97. The second-order valence-corrected chi connectivity index (χ2v) is 11.6. The van der Waals surface area contributed by atoms with Gasteiger partial charge in [0.2, 0.25) is 5.89 Å². The average Bonchev–Trinajstić information content (AvgIpc) is 3.30. The van der Waals surface area contributed by atoms with Crippen molar-refractivity contribution in [2.75, 3.05) is 7.05 Å². The Morgan fingerprint density at radius 1 is 1.13 bits per heavy atom. The van der Waals surface area contributed by atoms with Crippen LogP contribution in [0.25, 0.3) is 11.5 Å². The highest BCUT2D eigenvalue weighted by molar-refractivity contribution is 6.13. The smallest absolute Gasteiger partial charge is 0.226 e. The summed E-state index contributed by atoms with van der Waals surface area (Å²) in [6.07, 6.45) is 6.56. The Labute approximate surface area is 230 Å². The first-order chi connectivity index (χ1) is 18.3. The Bertz CT molecular complexity index is 1360. The fourth-order valence-electron chi connectivity index (χ4n) is 5.43. The largest absolute Gasteiger partial charge is 0.507 e. The standard InChI is InChI=1S/C31H39N5O3/c1-20-18-34-29(39-20)22-14-25(37)28(26(15-22)38-19-21-10-8-7-9-11-21)24(32)12-13-27(33)36(6)23-16-30(2,3)35-31(4,5)17-23/h7-15,18,23,32-33,35,37H,16-17,19H2,1-6H3/b13-12-,32-24?,33-27?. The lowest BCUT2D eigenvalue weighted by molar-refractivity contribution is 0.114. The molecular weight excluding hydrogens is 490 g/mol. The van der Waals surface area contributed by atoms with Crippen LogP contribution in [0.5, 0.6) is 11.5 Å². The molecule has 1 aliphatic rings. The summed E-state index contributed by atoms with van der Waals surface area (Å²) in [6.45, 7) is 10.8. The van der Waals surface area contributed by atoms with Crippen molar-refractivity contribution in [3.8, 4) is 23.0 Å². The normalized spacial score (nSPS) is 16.8. The van der Waals surface area contributed by atoms with Crippen LogP contribution in [0.3, 0.4) is 0 Å². The average molecular weight is 530 g/mol. The molecule has 1 aliphatic heterocycles. The lowest BCUT2D eigenvalue weighted by atomic mass is 9.79. The summed E-state index contributed by atoms with van der Waals surface area (Å²) in [5.74, 6) is 1.52. The number of benzene rings is 2. The second kappa shape index (κ2) is 11.1. The molecule has 1 fully saturated rings. The molecule has 1 saturated heterocycles. The fraction of sp³-hybridized carbons (Fsp3) is 0.387. The quantitative estimate of drug-likeness (QED) is 0.208. The first kappa shape index (κ1) is 28.1. The zero-order valence-corrected chi connectivity index (χ0v) is 23.6. The summed E-state index contributed by atoms with van der Waals surface area (Å²) < 4.78 is 11.8. The van der Waals surface area contributed by atoms with E-state index in [1.54, 1.807) is 25.3 Å². The van der Waals surface area contributed by atoms with Gasteiger partial charge in [0.15, 0.2) is 0 Å². The molecule has 206 valence electrons. The van der Waals surface area contributed by atoms with Crippen molar-refractivity contribution >= 4 is 11.5 Å². The molecular formula is C31H39N5O3. The summed E-state index contributed by atoms with van der Waals surface area (Å²) >= 11 is 0. The number of likely N-dealkylation sites (N-methyl/N-ethyl adjacent to an activating group) is 1. The highest BCUT2D eigenvalue weighted by Crippen LogP contribution is 2.36. The Morgan fingerprint density at radius 2 is 1.79 bits per heavy atom. The lowest BCUT2D eigenvalue weighted by Gasteiger charge is -2.49. The molecule has 0 radical (unpaired) electrons. The molecule has 0 spiro atoms. The molecule has 4 rings (SSSR count). The summed E-state index contributed by atoms with van der Waals surface area (Å²) in [4.78, 5) is 6.23. The number of oxazole rings is 1. The molecule has 1 aromatic heterocycles. The number of ether oxygens (including phenoxy) is 1.